The normalized spacial score (nSPS) is 25.1. The Hall–Kier alpha value is -2.57. The molecule has 0 radical (unpaired) electrons. The van der Waals surface area contributed by atoms with Crippen molar-refractivity contribution in [3.8, 4) is 5.75 Å². The van der Waals surface area contributed by atoms with Crippen LogP contribution in [0.15, 0.2) is 24.3 Å². The van der Waals surface area contributed by atoms with Gasteiger partial charge in [-0.3, -0.25) is 19.3 Å². The van der Waals surface area contributed by atoms with Crippen LogP contribution in [0.1, 0.15) is 25.7 Å². The van der Waals surface area contributed by atoms with Gasteiger partial charge >= 0.3 is 0 Å². The number of amides is 3. The number of hydrogen-bond acceptors (Lipinski definition) is 5. The molecule has 1 aliphatic carbocycles. The fourth-order valence-electron chi connectivity index (χ4n) is 4.63. The molecule has 1 aromatic rings. The van der Waals surface area contributed by atoms with Crippen LogP contribution >= 0.6 is 0 Å². The molecule has 2 atom stereocenters. The Morgan fingerprint density at radius 1 is 0.964 bits per heavy atom. The predicted molar refractivity (Wildman–Crippen MR) is 104 cm³/mol. The highest BCUT2D eigenvalue weighted by molar-refractivity contribution is 6.07. The van der Waals surface area contributed by atoms with Crippen molar-refractivity contribution in [2.75, 3.05) is 44.7 Å². The highest BCUT2D eigenvalue weighted by Gasteiger charge is 2.48. The maximum Gasteiger partial charge on any atom is 0.242 e. The van der Waals surface area contributed by atoms with Crippen LogP contribution in [0.2, 0.25) is 0 Å². The van der Waals surface area contributed by atoms with Crippen molar-refractivity contribution in [1.82, 2.24) is 9.80 Å². The van der Waals surface area contributed by atoms with Crippen molar-refractivity contribution in [2.45, 2.75) is 25.7 Å². The highest BCUT2D eigenvalue weighted by Crippen LogP contribution is 2.37. The Morgan fingerprint density at radius 2 is 1.54 bits per heavy atom. The third-order valence-electron chi connectivity index (χ3n) is 6.30. The zero-order chi connectivity index (χ0) is 19.7. The van der Waals surface area contributed by atoms with Crippen molar-refractivity contribution in [3.63, 3.8) is 0 Å². The summed E-state index contributed by atoms with van der Waals surface area (Å²) >= 11 is 0. The molecule has 0 spiro atoms. The van der Waals surface area contributed by atoms with Gasteiger partial charge in [-0.05, 0) is 37.1 Å². The minimum absolute atomic E-state index is 0.104. The molecule has 1 saturated carbocycles. The number of fused-ring (bicyclic) bond motifs is 1. The van der Waals surface area contributed by atoms with Crippen molar-refractivity contribution >= 4 is 23.4 Å². The monoisotopic (exact) mass is 385 g/mol. The molecule has 3 aliphatic rings. The van der Waals surface area contributed by atoms with Gasteiger partial charge in [-0.25, -0.2) is 0 Å². The number of hydrogen-bond donors (Lipinski definition) is 0. The van der Waals surface area contributed by atoms with Crippen LogP contribution in [-0.4, -0.2) is 67.4 Å². The van der Waals surface area contributed by atoms with Gasteiger partial charge in [-0.2, -0.15) is 0 Å². The molecule has 2 aliphatic heterocycles. The molecule has 28 heavy (non-hydrogen) atoms. The number of carbonyl (C=O) groups is 3. The number of piperazine rings is 1. The Balaban J connectivity index is 1.32. The second-order valence-corrected chi connectivity index (χ2v) is 7.83. The fourth-order valence-corrected chi connectivity index (χ4v) is 4.63. The molecule has 7 heteroatoms. The van der Waals surface area contributed by atoms with E-state index in [9.17, 15) is 14.4 Å². The third-order valence-corrected chi connectivity index (χ3v) is 6.30. The van der Waals surface area contributed by atoms with E-state index in [4.69, 9.17) is 4.74 Å². The van der Waals surface area contributed by atoms with Crippen LogP contribution in [0.5, 0.6) is 5.75 Å². The van der Waals surface area contributed by atoms with Crippen LogP contribution in [0, 0.1) is 11.8 Å². The van der Waals surface area contributed by atoms with Crippen LogP contribution in [0.4, 0.5) is 5.69 Å². The average molecular weight is 385 g/mol. The van der Waals surface area contributed by atoms with E-state index in [0.29, 0.717) is 13.1 Å². The molecule has 150 valence electrons. The number of benzene rings is 1. The van der Waals surface area contributed by atoms with Crippen molar-refractivity contribution in [2.24, 2.45) is 11.8 Å². The number of likely N-dealkylation sites (tertiary alicyclic amines) is 1. The Kier molecular flexibility index (Phi) is 5.24. The summed E-state index contributed by atoms with van der Waals surface area (Å²) in [7, 11) is 1.64. The molecule has 4 rings (SSSR count). The zero-order valence-electron chi connectivity index (χ0n) is 16.3. The van der Waals surface area contributed by atoms with E-state index in [0.717, 1.165) is 50.2 Å². The van der Waals surface area contributed by atoms with E-state index in [1.54, 1.807) is 12.0 Å². The number of rotatable bonds is 4. The number of carbonyl (C=O) groups excluding carboxylic acids is 3. The van der Waals surface area contributed by atoms with Crippen molar-refractivity contribution in [1.29, 1.82) is 0 Å². The van der Waals surface area contributed by atoms with Crippen LogP contribution in [0.25, 0.3) is 0 Å². The number of nitrogens with zero attached hydrogens (tertiary/aromatic N) is 3. The highest BCUT2D eigenvalue weighted by atomic mass is 16.5. The van der Waals surface area contributed by atoms with Gasteiger partial charge in [0.2, 0.25) is 17.7 Å². The zero-order valence-corrected chi connectivity index (χ0v) is 16.3. The molecule has 2 saturated heterocycles. The molecular formula is C21H27N3O4. The first-order valence-electron chi connectivity index (χ1n) is 10.1. The summed E-state index contributed by atoms with van der Waals surface area (Å²) in [6.07, 6.45) is 3.55. The Labute approximate surface area is 165 Å². The maximum atomic E-state index is 12.7. The van der Waals surface area contributed by atoms with E-state index < -0.39 is 0 Å². The van der Waals surface area contributed by atoms with Gasteiger partial charge in [-0.15, -0.1) is 0 Å². The molecule has 0 N–H and O–H groups in total. The molecular weight excluding hydrogens is 358 g/mol. The molecule has 3 amide bonds. The van der Waals surface area contributed by atoms with Gasteiger partial charge in [-0.1, -0.05) is 12.8 Å². The maximum absolute atomic E-state index is 12.7. The lowest BCUT2D eigenvalue weighted by atomic mass is 9.81. The first-order chi connectivity index (χ1) is 13.6. The van der Waals surface area contributed by atoms with Gasteiger partial charge < -0.3 is 14.5 Å². The molecule has 2 heterocycles. The fraction of sp³-hybridized carbons (Fsp3) is 0.571. The quantitative estimate of drug-likeness (QED) is 0.735. The van der Waals surface area contributed by atoms with Gasteiger partial charge in [0, 0.05) is 31.9 Å². The third kappa shape index (κ3) is 3.45. The largest absolute Gasteiger partial charge is 0.497 e. The van der Waals surface area contributed by atoms with E-state index in [1.807, 2.05) is 24.3 Å². The SMILES string of the molecule is COc1ccc(N2CCN(C(=O)CN3C(=O)[C@@H]4CCCC[C@H]4C3=O)CC2)cc1. The lowest BCUT2D eigenvalue weighted by Crippen LogP contribution is -2.52. The van der Waals surface area contributed by atoms with Gasteiger partial charge in [0.1, 0.15) is 12.3 Å². The number of ether oxygens (including phenoxy) is 1. The molecule has 0 aromatic heterocycles. The van der Waals surface area contributed by atoms with Gasteiger partial charge in [0.05, 0.1) is 18.9 Å². The molecule has 0 bridgehead atoms. The first-order valence-corrected chi connectivity index (χ1v) is 10.1. The van der Waals surface area contributed by atoms with E-state index in [1.165, 1.54) is 4.90 Å². The minimum Gasteiger partial charge on any atom is -0.497 e. The molecule has 3 fully saturated rings. The summed E-state index contributed by atoms with van der Waals surface area (Å²) in [5, 5.41) is 0. The van der Waals surface area contributed by atoms with Crippen LogP contribution in [-0.2, 0) is 14.4 Å². The van der Waals surface area contributed by atoms with E-state index >= 15 is 0 Å². The Bertz CT molecular complexity index is 731. The van der Waals surface area contributed by atoms with Crippen molar-refractivity contribution < 1.29 is 19.1 Å². The molecule has 1 aromatic carbocycles. The lowest BCUT2D eigenvalue weighted by molar-refractivity contribution is -0.146. The van der Waals surface area contributed by atoms with Gasteiger partial charge in [0.25, 0.3) is 0 Å². The molecule has 7 nitrogen and oxygen atoms in total. The smallest absolute Gasteiger partial charge is 0.242 e. The lowest BCUT2D eigenvalue weighted by Gasteiger charge is -2.36. The standard InChI is InChI=1S/C21H27N3O4/c1-28-16-8-6-15(7-9-16)22-10-12-23(13-11-22)19(25)14-24-20(26)17-4-2-3-5-18(17)21(24)27/h6-9,17-18H,2-5,10-14H2,1H3/t17-,18-/m1/s1. The minimum atomic E-state index is -0.194. The predicted octanol–water partition coefficient (Wildman–Crippen LogP) is 1.52. The Morgan fingerprint density at radius 3 is 2.07 bits per heavy atom. The second kappa shape index (κ2) is 7.81. The summed E-state index contributed by atoms with van der Waals surface area (Å²) in [6.45, 7) is 2.53. The van der Waals surface area contributed by atoms with Crippen LogP contribution < -0.4 is 9.64 Å². The number of anilines is 1. The van der Waals surface area contributed by atoms with Crippen molar-refractivity contribution in [3.05, 3.63) is 24.3 Å². The van der Waals surface area contributed by atoms with E-state index in [-0.39, 0.29) is 36.1 Å². The summed E-state index contributed by atoms with van der Waals surface area (Å²) in [6, 6.07) is 7.88. The second-order valence-electron chi connectivity index (χ2n) is 7.83. The summed E-state index contributed by atoms with van der Waals surface area (Å²) < 4.78 is 5.19. The van der Waals surface area contributed by atoms with Gasteiger partial charge in [0.15, 0.2) is 0 Å². The number of methoxy groups -OCH3 is 1. The first kappa shape index (κ1) is 18.8. The summed E-state index contributed by atoms with van der Waals surface area (Å²) in [5.41, 5.74) is 1.10. The topological polar surface area (TPSA) is 70.2 Å². The van der Waals surface area contributed by atoms with Crippen LogP contribution in [0.3, 0.4) is 0 Å². The number of imide groups is 1. The summed E-state index contributed by atoms with van der Waals surface area (Å²) in [5.74, 6) is 0.0228. The molecule has 0 unspecified atom stereocenters. The average Bonchev–Trinajstić information content (AvgIpc) is 2.99. The summed E-state index contributed by atoms with van der Waals surface area (Å²) in [4.78, 5) is 43.1. The van der Waals surface area contributed by atoms with E-state index in [2.05, 4.69) is 4.90 Å².